The van der Waals surface area contributed by atoms with Gasteiger partial charge in [-0.25, -0.2) is 8.78 Å². The van der Waals surface area contributed by atoms with E-state index < -0.39 is 37.0 Å². The summed E-state index contributed by atoms with van der Waals surface area (Å²) in [5, 5.41) is 0. The zero-order chi connectivity index (χ0) is 15.1. The monoisotopic (exact) mass is 296 g/mol. The first-order chi connectivity index (χ1) is 9.07. The van der Waals surface area contributed by atoms with E-state index >= 15 is 0 Å². The highest BCUT2D eigenvalue weighted by molar-refractivity contribution is 5.95. The van der Waals surface area contributed by atoms with Gasteiger partial charge in [0.15, 0.2) is 5.75 Å². The summed E-state index contributed by atoms with van der Waals surface area (Å²) >= 11 is 0. The van der Waals surface area contributed by atoms with Crippen molar-refractivity contribution in [2.24, 2.45) is 0 Å². The van der Waals surface area contributed by atoms with Crippen molar-refractivity contribution in [3.05, 3.63) is 23.8 Å². The van der Waals surface area contributed by atoms with Crippen molar-refractivity contribution in [1.82, 2.24) is 4.90 Å². The van der Waals surface area contributed by atoms with Gasteiger partial charge in [0.05, 0.1) is 18.8 Å². The van der Waals surface area contributed by atoms with Crippen LogP contribution in [0.25, 0.3) is 0 Å². The van der Waals surface area contributed by atoms with Crippen LogP contribution in [-0.2, 0) is 0 Å². The number of carbonyl (C=O) groups excluding carboxylic acids is 1. The standard InChI is InChI=1S/C11H9F5N2O2/c12-10(13)4-18(5-10)9(19)6-1-2-7(17)8(3-6)20-11(14,15)16/h1-3H,4-5,17H2. The number of benzene rings is 1. The zero-order valence-corrected chi connectivity index (χ0v) is 9.88. The number of hydrogen-bond donors (Lipinski definition) is 1. The number of carbonyl (C=O) groups is 1. The number of rotatable bonds is 2. The summed E-state index contributed by atoms with van der Waals surface area (Å²) in [6.45, 7) is -1.52. The molecule has 2 N–H and O–H groups in total. The second-order valence-corrected chi connectivity index (χ2v) is 4.32. The number of ether oxygens (including phenoxy) is 1. The normalized spacial score (nSPS) is 17.6. The summed E-state index contributed by atoms with van der Waals surface area (Å²) in [5.74, 6) is -4.49. The van der Waals surface area contributed by atoms with Crippen molar-refractivity contribution in [3.63, 3.8) is 0 Å². The third-order valence-electron chi connectivity index (χ3n) is 2.62. The summed E-state index contributed by atoms with van der Waals surface area (Å²) in [6, 6.07) is 2.98. The van der Waals surface area contributed by atoms with E-state index in [0.717, 1.165) is 23.1 Å². The van der Waals surface area contributed by atoms with Crippen molar-refractivity contribution in [3.8, 4) is 5.75 Å². The van der Waals surface area contributed by atoms with E-state index in [9.17, 15) is 26.7 Å². The van der Waals surface area contributed by atoms with E-state index in [0.29, 0.717) is 0 Å². The molecule has 110 valence electrons. The number of halogens is 5. The molecule has 20 heavy (non-hydrogen) atoms. The lowest BCUT2D eigenvalue weighted by Gasteiger charge is -2.38. The Hall–Kier alpha value is -2.06. The fourth-order valence-electron chi connectivity index (χ4n) is 1.72. The Balaban J connectivity index is 2.17. The molecule has 0 aromatic heterocycles. The molecule has 1 aromatic rings. The predicted octanol–water partition coefficient (Wildman–Crippen LogP) is 2.26. The fourth-order valence-corrected chi connectivity index (χ4v) is 1.72. The molecule has 0 saturated carbocycles. The molecule has 0 radical (unpaired) electrons. The Labute approximate surface area is 109 Å². The molecule has 4 nitrogen and oxygen atoms in total. The quantitative estimate of drug-likeness (QED) is 0.673. The lowest BCUT2D eigenvalue weighted by molar-refractivity contribution is -0.274. The van der Waals surface area contributed by atoms with Crippen molar-refractivity contribution in [2.45, 2.75) is 12.3 Å². The highest BCUT2D eigenvalue weighted by Crippen LogP contribution is 2.32. The smallest absolute Gasteiger partial charge is 0.404 e. The van der Waals surface area contributed by atoms with Gasteiger partial charge in [0.25, 0.3) is 11.8 Å². The maximum absolute atomic E-state index is 12.6. The molecule has 1 heterocycles. The topological polar surface area (TPSA) is 55.6 Å². The van der Waals surface area contributed by atoms with Gasteiger partial charge >= 0.3 is 6.36 Å². The first-order valence-corrected chi connectivity index (χ1v) is 5.40. The molecule has 2 rings (SSSR count). The maximum atomic E-state index is 12.6. The van der Waals surface area contributed by atoms with Gasteiger partial charge in [-0.05, 0) is 18.2 Å². The molecule has 1 aromatic carbocycles. The second-order valence-electron chi connectivity index (χ2n) is 4.32. The number of nitrogens with two attached hydrogens (primary N) is 1. The highest BCUT2D eigenvalue weighted by Gasteiger charge is 2.46. The first-order valence-electron chi connectivity index (χ1n) is 5.40. The van der Waals surface area contributed by atoms with Crippen LogP contribution >= 0.6 is 0 Å². The minimum Gasteiger partial charge on any atom is -0.404 e. The van der Waals surface area contributed by atoms with E-state index in [1.54, 1.807) is 0 Å². The number of nitrogen functional groups attached to an aromatic ring is 1. The molecule has 0 atom stereocenters. The summed E-state index contributed by atoms with van der Waals surface area (Å²) < 4.78 is 65.3. The summed E-state index contributed by atoms with van der Waals surface area (Å²) in [7, 11) is 0. The third-order valence-corrected chi connectivity index (χ3v) is 2.62. The number of likely N-dealkylation sites (tertiary alicyclic amines) is 1. The summed E-state index contributed by atoms with van der Waals surface area (Å²) in [6.07, 6.45) is -4.96. The minimum atomic E-state index is -4.96. The Morgan fingerprint density at radius 2 is 1.90 bits per heavy atom. The van der Waals surface area contributed by atoms with Crippen LogP contribution in [0.5, 0.6) is 5.75 Å². The van der Waals surface area contributed by atoms with Crippen molar-refractivity contribution in [1.29, 1.82) is 0 Å². The summed E-state index contributed by atoms with van der Waals surface area (Å²) in [4.78, 5) is 12.6. The molecule has 0 spiro atoms. The minimum absolute atomic E-state index is 0.200. The van der Waals surface area contributed by atoms with E-state index in [4.69, 9.17) is 5.73 Å². The SMILES string of the molecule is Nc1ccc(C(=O)N2CC(F)(F)C2)cc1OC(F)(F)F. The number of amides is 1. The van der Waals surface area contributed by atoms with Crippen LogP contribution in [0.15, 0.2) is 18.2 Å². The molecule has 9 heteroatoms. The zero-order valence-electron chi connectivity index (χ0n) is 9.88. The molecule has 0 bridgehead atoms. The number of alkyl halides is 5. The van der Waals surface area contributed by atoms with Crippen molar-refractivity contribution in [2.75, 3.05) is 18.8 Å². The Bertz CT molecular complexity index is 536. The number of nitrogens with zero attached hydrogens (tertiary/aromatic N) is 1. The van der Waals surface area contributed by atoms with Gasteiger partial charge < -0.3 is 15.4 Å². The molecular weight excluding hydrogens is 287 g/mol. The average molecular weight is 296 g/mol. The Kier molecular flexibility index (Phi) is 3.23. The highest BCUT2D eigenvalue weighted by atomic mass is 19.4. The molecule has 1 saturated heterocycles. The van der Waals surface area contributed by atoms with Gasteiger partial charge in [0, 0.05) is 5.56 Å². The molecule has 0 unspecified atom stereocenters. The Morgan fingerprint density at radius 1 is 1.30 bits per heavy atom. The van der Waals surface area contributed by atoms with Gasteiger partial charge in [0.1, 0.15) is 0 Å². The number of anilines is 1. The Morgan fingerprint density at radius 3 is 2.40 bits per heavy atom. The lowest BCUT2D eigenvalue weighted by Crippen LogP contribution is -2.58. The van der Waals surface area contributed by atoms with Crippen molar-refractivity contribution >= 4 is 11.6 Å². The molecular formula is C11H9F5N2O2. The molecule has 1 fully saturated rings. The average Bonchev–Trinajstić information content (AvgIpc) is 2.26. The van der Waals surface area contributed by atoms with Crippen LogP contribution in [-0.4, -0.2) is 36.2 Å². The molecule has 0 aliphatic carbocycles. The van der Waals surface area contributed by atoms with Gasteiger partial charge in [-0.2, -0.15) is 0 Å². The van der Waals surface area contributed by atoms with Crippen LogP contribution in [0.1, 0.15) is 10.4 Å². The lowest BCUT2D eigenvalue weighted by atomic mass is 10.1. The van der Waals surface area contributed by atoms with Crippen LogP contribution in [0.2, 0.25) is 0 Å². The third kappa shape index (κ3) is 3.09. The van der Waals surface area contributed by atoms with E-state index in [1.165, 1.54) is 0 Å². The fraction of sp³-hybridized carbons (Fsp3) is 0.364. The van der Waals surface area contributed by atoms with Crippen molar-refractivity contribution < 1.29 is 31.5 Å². The van der Waals surface area contributed by atoms with Crippen LogP contribution in [0.4, 0.5) is 27.6 Å². The molecule has 1 aliphatic heterocycles. The molecule has 1 amide bonds. The number of hydrogen-bond acceptors (Lipinski definition) is 3. The maximum Gasteiger partial charge on any atom is 0.573 e. The van der Waals surface area contributed by atoms with Crippen LogP contribution in [0, 0.1) is 0 Å². The van der Waals surface area contributed by atoms with Crippen LogP contribution < -0.4 is 10.5 Å². The predicted molar refractivity (Wildman–Crippen MR) is 58.4 cm³/mol. The van der Waals surface area contributed by atoms with Gasteiger partial charge in [-0.3, -0.25) is 4.79 Å². The molecule has 1 aliphatic rings. The van der Waals surface area contributed by atoms with E-state index in [2.05, 4.69) is 4.74 Å². The van der Waals surface area contributed by atoms with Gasteiger partial charge in [-0.1, -0.05) is 0 Å². The van der Waals surface area contributed by atoms with E-state index in [-0.39, 0.29) is 11.3 Å². The van der Waals surface area contributed by atoms with E-state index in [1.807, 2.05) is 0 Å². The largest absolute Gasteiger partial charge is 0.573 e. The van der Waals surface area contributed by atoms with Gasteiger partial charge in [0.2, 0.25) is 0 Å². The van der Waals surface area contributed by atoms with Gasteiger partial charge in [-0.15, -0.1) is 13.2 Å². The van der Waals surface area contributed by atoms with Crippen LogP contribution in [0.3, 0.4) is 0 Å². The second kappa shape index (κ2) is 4.50. The summed E-state index contributed by atoms with van der Waals surface area (Å²) in [5.41, 5.74) is 4.78. The first kappa shape index (κ1) is 14.4.